The molecule has 0 saturated heterocycles. The van der Waals surface area contributed by atoms with Crippen molar-refractivity contribution in [2.24, 2.45) is 0 Å². The Hall–Kier alpha value is -4.13. The zero-order valence-electron chi connectivity index (χ0n) is 17.0. The van der Waals surface area contributed by atoms with Crippen LogP contribution < -0.4 is 20.4 Å². The summed E-state index contributed by atoms with van der Waals surface area (Å²) in [5, 5.41) is 3.47. The average molecular weight is 416 g/mol. The second-order valence-electron chi connectivity index (χ2n) is 6.86. The smallest absolute Gasteiger partial charge is 0.344 e. The normalized spacial score (nSPS) is 10.6. The van der Waals surface area contributed by atoms with Gasteiger partial charge in [0.05, 0.1) is 12.7 Å². The molecule has 2 aromatic carbocycles. The Balaban J connectivity index is 1.47. The number of methoxy groups -OCH3 is 1. The molecule has 1 amide bonds. The Morgan fingerprint density at radius 3 is 2.65 bits per heavy atom. The number of aromatic nitrogens is 1. The molecule has 0 fully saturated rings. The van der Waals surface area contributed by atoms with E-state index in [1.165, 1.54) is 7.11 Å². The van der Waals surface area contributed by atoms with Crippen LogP contribution in [0.3, 0.4) is 0 Å². The summed E-state index contributed by atoms with van der Waals surface area (Å²) in [7, 11) is 1.53. The lowest BCUT2D eigenvalue weighted by Gasteiger charge is -2.09. The Morgan fingerprint density at radius 1 is 1.10 bits per heavy atom. The quantitative estimate of drug-likeness (QED) is 0.474. The molecule has 0 saturated carbocycles. The number of rotatable bonds is 6. The molecule has 7 nitrogen and oxygen atoms in total. The molecule has 0 atom stereocenters. The number of nitrogens with one attached hydrogen (secondary N) is 1. The monoisotopic (exact) mass is 416 g/mol. The maximum absolute atomic E-state index is 12.5. The Labute approximate surface area is 178 Å². The highest BCUT2D eigenvalue weighted by atomic mass is 16.5. The van der Waals surface area contributed by atoms with E-state index in [1.54, 1.807) is 48.7 Å². The summed E-state index contributed by atoms with van der Waals surface area (Å²) >= 11 is 0. The van der Waals surface area contributed by atoms with Gasteiger partial charge >= 0.3 is 5.63 Å². The van der Waals surface area contributed by atoms with Gasteiger partial charge in [-0.05, 0) is 48.4 Å². The molecule has 1 N–H and O–H groups in total. The average Bonchev–Trinajstić information content (AvgIpc) is 2.79. The minimum atomic E-state index is -0.462. The van der Waals surface area contributed by atoms with Crippen molar-refractivity contribution in [1.29, 1.82) is 0 Å². The Kier molecular flexibility index (Phi) is 5.66. The van der Waals surface area contributed by atoms with E-state index in [0.29, 0.717) is 34.0 Å². The first-order valence-corrected chi connectivity index (χ1v) is 9.61. The Morgan fingerprint density at radius 2 is 1.90 bits per heavy atom. The van der Waals surface area contributed by atoms with Gasteiger partial charge in [0.2, 0.25) is 0 Å². The van der Waals surface area contributed by atoms with Crippen LogP contribution in [0.1, 0.15) is 5.56 Å². The molecule has 0 bridgehead atoms. The number of nitrogens with zero attached hydrogens (tertiary/aromatic N) is 1. The first-order valence-electron chi connectivity index (χ1n) is 9.61. The maximum Gasteiger partial charge on any atom is 0.344 e. The lowest BCUT2D eigenvalue weighted by molar-refractivity contribution is -0.118. The van der Waals surface area contributed by atoms with Crippen molar-refractivity contribution in [2.45, 2.75) is 6.92 Å². The molecule has 0 aliphatic carbocycles. The highest BCUT2D eigenvalue weighted by molar-refractivity contribution is 5.91. The molecular weight excluding hydrogens is 396 g/mol. The highest BCUT2D eigenvalue weighted by Crippen LogP contribution is 2.28. The summed E-state index contributed by atoms with van der Waals surface area (Å²) in [6, 6.07) is 17.7. The molecule has 4 rings (SSSR count). The number of aryl methyl sites for hydroxylation is 1. The van der Waals surface area contributed by atoms with Gasteiger partial charge in [-0.25, -0.2) is 9.78 Å². The van der Waals surface area contributed by atoms with Gasteiger partial charge in [0.1, 0.15) is 11.6 Å². The molecule has 0 unspecified atom stereocenters. The van der Waals surface area contributed by atoms with Crippen LogP contribution in [0.25, 0.3) is 22.1 Å². The Bertz CT molecular complexity index is 1300. The first-order chi connectivity index (χ1) is 15.0. The molecule has 2 aromatic heterocycles. The highest BCUT2D eigenvalue weighted by Gasteiger charge is 2.12. The molecule has 156 valence electrons. The van der Waals surface area contributed by atoms with Crippen LogP contribution in [-0.4, -0.2) is 24.6 Å². The summed E-state index contributed by atoms with van der Waals surface area (Å²) in [4.78, 5) is 28.7. The fraction of sp³-hybridized carbons (Fsp3) is 0.125. The van der Waals surface area contributed by atoms with Crippen LogP contribution in [-0.2, 0) is 4.79 Å². The number of para-hydroxylation sites is 1. The summed E-state index contributed by atoms with van der Waals surface area (Å²) in [6.45, 7) is 1.70. The van der Waals surface area contributed by atoms with Gasteiger partial charge in [0.15, 0.2) is 17.9 Å². The summed E-state index contributed by atoms with van der Waals surface area (Å²) in [5.41, 5.74) is 1.92. The topological polar surface area (TPSA) is 90.7 Å². The van der Waals surface area contributed by atoms with E-state index < -0.39 is 5.63 Å². The fourth-order valence-corrected chi connectivity index (χ4v) is 3.14. The van der Waals surface area contributed by atoms with Crippen LogP contribution in [0.15, 0.2) is 76.1 Å². The lowest BCUT2D eigenvalue weighted by atomic mass is 10.1. The zero-order valence-corrected chi connectivity index (χ0v) is 17.0. The van der Waals surface area contributed by atoms with Crippen molar-refractivity contribution in [1.82, 2.24) is 4.98 Å². The van der Waals surface area contributed by atoms with Crippen LogP contribution >= 0.6 is 0 Å². The van der Waals surface area contributed by atoms with E-state index >= 15 is 0 Å². The van der Waals surface area contributed by atoms with Gasteiger partial charge < -0.3 is 19.2 Å². The van der Waals surface area contributed by atoms with Gasteiger partial charge in [0.25, 0.3) is 5.91 Å². The number of carbonyl (C=O) groups excluding carboxylic acids is 1. The summed E-state index contributed by atoms with van der Waals surface area (Å²) < 4.78 is 16.3. The van der Waals surface area contributed by atoms with Gasteiger partial charge in [-0.2, -0.15) is 0 Å². The third-order valence-corrected chi connectivity index (χ3v) is 4.75. The zero-order chi connectivity index (χ0) is 21.8. The van der Waals surface area contributed by atoms with Crippen molar-refractivity contribution in [3.05, 3.63) is 82.8 Å². The largest absolute Gasteiger partial charge is 0.493 e. The van der Waals surface area contributed by atoms with Crippen molar-refractivity contribution >= 4 is 22.7 Å². The maximum atomic E-state index is 12.5. The number of hydrogen-bond donors (Lipinski definition) is 1. The van der Waals surface area contributed by atoms with Crippen molar-refractivity contribution < 1.29 is 18.7 Å². The van der Waals surface area contributed by atoms with E-state index in [9.17, 15) is 9.59 Å². The number of hydrogen-bond acceptors (Lipinski definition) is 6. The van der Waals surface area contributed by atoms with Gasteiger partial charge in [0, 0.05) is 11.6 Å². The molecule has 0 aliphatic rings. The van der Waals surface area contributed by atoms with E-state index in [2.05, 4.69) is 10.3 Å². The van der Waals surface area contributed by atoms with Crippen molar-refractivity contribution in [3.63, 3.8) is 0 Å². The molecule has 7 heteroatoms. The van der Waals surface area contributed by atoms with E-state index in [0.717, 1.165) is 10.9 Å². The molecule has 0 spiro atoms. The predicted octanol–water partition coefficient (Wildman–Crippen LogP) is 4.19. The van der Waals surface area contributed by atoms with Gasteiger partial charge in [-0.15, -0.1) is 0 Å². The van der Waals surface area contributed by atoms with E-state index in [4.69, 9.17) is 13.9 Å². The minimum Gasteiger partial charge on any atom is -0.493 e. The second-order valence-corrected chi connectivity index (χ2v) is 6.86. The number of carbonyl (C=O) groups is 1. The number of ether oxygens (including phenoxy) is 2. The van der Waals surface area contributed by atoms with Crippen molar-refractivity contribution in [3.8, 4) is 22.6 Å². The molecule has 0 aliphatic heterocycles. The third kappa shape index (κ3) is 4.40. The fourth-order valence-electron chi connectivity index (χ4n) is 3.14. The number of fused-ring (bicyclic) bond motifs is 1. The third-order valence-electron chi connectivity index (χ3n) is 4.75. The number of benzene rings is 2. The summed E-state index contributed by atoms with van der Waals surface area (Å²) in [6.07, 6.45) is 1.61. The van der Waals surface area contributed by atoms with Crippen molar-refractivity contribution in [2.75, 3.05) is 19.0 Å². The predicted molar refractivity (Wildman–Crippen MR) is 118 cm³/mol. The van der Waals surface area contributed by atoms with Crippen LogP contribution in [0.2, 0.25) is 0 Å². The molecule has 31 heavy (non-hydrogen) atoms. The van der Waals surface area contributed by atoms with Gasteiger partial charge in [-0.1, -0.05) is 30.3 Å². The SMILES string of the molecule is COc1cccc2cc(-c3ccc(OCC(=O)Nc4ncccc4C)cc3)c(=O)oc12. The van der Waals surface area contributed by atoms with Crippen LogP contribution in [0, 0.1) is 6.92 Å². The molecular formula is C24H20N2O5. The summed E-state index contributed by atoms with van der Waals surface area (Å²) in [5.74, 6) is 1.20. The second kappa shape index (κ2) is 8.71. The first kappa shape index (κ1) is 20.2. The van der Waals surface area contributed by atoms with E-state index in [-0.39, 0.29) is 12.5 Å². The van der Waals surface area contributed by atoms with E-state index in [1.807, 2.05) is 25.1 Å². The number of anilines is 1. The number of amides is 1. The van der Waals surface area contributed by atoms with Crippen LogP contribution in [0.4, 0.5) is 5.82 Å². The standard InChI is InChI=1S/C24H20N2O5/c1-15-5-4-12-25-23(15)26-21(27)14-30-18-10-8-16(9-11-18)19-13-17-6-3-7-20(29-2)22(17)31-24(19)28/h3-13H,14H2,1-2H3,(H,25,26,27). The molecule has 4 aromatic rings. The van der Waals surface area contributed by atoms with Crippen LogP contribution in [0.5, 0.6) is 11.5 Å². The molecule has 0 radical (unpaired) electrons. The minimum absolute atomic E-state index is 0.159. The van der Waals surface area contributed by atoms with Gasteiger partial charge in [-0.3, -0.25) is 4.79 Å². The lowest BCUT2D eigenvalue weighted by Crippen LogP contribution is -2.21. The molecule has 2 heterocycles. The number of pyridine rings is 1.